The molecule has 6 nitrogen and oxygen atoms in total. The minimum atomic E-state index is -0.500. The van der Waals surface area contributed by atoms with Crippen LogP contribution >= 0.6 is 11.3 Å². The van der Waals surface area contributed by atoms with Crippen LogP contribution in [0.15, 0.2) is 23.6 Å². The number of ether oxygens (including phenoxy) is 1. The summed E-state index contributed by atoms with van der Waals surface area (Å²) in [7, 11) is 0. The van der Waals surface area contributed by atoms with Crippen LogP contribution in [0.4, 0.5) is 5.69 Å². The lowest BCUT2D eigenvalue weighted by Crippen LogP contribution is -2.00. The predicted octanol–water partition coefficient (Wildman–Crippen LogP) is 3.08. The summed E-state index contributed by atoms with van der Waals surface area (Å²) in [6.07, 6.45) is 1.99. The van der Waals surface area contributed by atoms with Crippen molar-refractivity contribution in [1.82, 2.24) is 4.98 Å². The molecular weight excluding hydrogens is 292 g/mol. The van der Waals surface area contributed by atoms with Crippen LogP contribution in [0.2, 0.25) is 0 Å². The van der Waals surface area contributed by atoms with E-state index in [4.69, 9.17) is 4.74 Å². The standard InChI is InChI=1S/C14H16N2O4S/c1-2-3-14-15-11(9-21-14)8-20-13-5-4-12(16(18)19)6-10(13)7-17/h4-6,9,17H,2-3,7-8H2,1H3. The molecule has 0 saturated carbocycles. The molecule has 2 rings (SSSR count). The summed E-state index contributed by atoms with van der Waals surface area (Å²) in [6.45, 7) is 2.07. The minimum Gasteiger partial charge on any atom is -0.487 e. The molecule has 0 saturated heterocycles. The monoisotopic (exact) mass is 308 g/mol. The highest BCUT2D eigenvalue weighted by atomic mass is 32.1. The van der Waals surface area contributed by atoms with Crippen molar-refractivity contribution in [2.75, 3.05) is 0 Å². The second-order valence-corrected chi connectivity index (χ2v) is 5.42. The fourth-order valence-corrected chi connectivity index (χ4v) is 2.72. The lowest BCUT2D eigenvalue weighted by Gasteiger charge is -2.08. The molecule has 0 spiro atoms. The number of hydrogen-bond acceptors (Lipinski definition) is 6. The van der Waals surface area contributed by atoms with Gasteiger partial charge in [-0.3, -0.25) is 10.1 Å². The van der Waals surface area contributed by atoms with E-state index in [1.54, 1.807) is 11.3 Å². The van der Waals surface area contributed by atoms with Gasteiger partial charge in [0.2, 0.25) is 0 Å². The maximum atomic E-state index is 10.7. The first kappa shape index (κ1) is 15.4. The molecule has 1 aromatic heterocycles. The van der Waals surface area contributed by atoms with Crippen LogP contribution in [-0.2, 0) is 19.6 Å². The molecule has 2 aromatic rings. The molecule has 0 unspecified atom stereocenters. The molecule has 1 aromatic carbocycles. The van der Waals surface area contributed by atoms with Gasteiger partial charge in [0.05, 0.1) is 22.2 Å². The number of aliphatic hydroxyl groups excluding tert-OH is 1. The van der Waals surface area contributed by atoms with Crippen molar-refractivity contribution in [3.63, 3.8) is 0 Å². The topological polar surface area (TPSA) is 85.5 Å². The van der Waals surface area contributed by atoms with Gasteiger partial charge in [0.1, 0.15) is 12.4 Å². The molecule has 21 heavy (non-hydrogen) atoms. The number of aryl methyl sites for hydroxylation is 1. The minimum absolute atomic E-state index is 0.0645. The molecule has 0 aliphatic heterocycles. The van der Waals surface area contributed by atoms with Crippen molar-refractivity contribution in [3.8, 4) is 5.75 Å². The van der Waals surface area contributed by atoms with Gasteiger partial charge in [0.15, 0.2) is 0 Å². The fraction of sp³-hybridized carbons (Fsp3) is 0.357. The number of nitro groups is 1. The molecule has 0 bridgehead atoms. The fourth-order valence-electron chi connectivity index (χ4n) is 1.84. The number of thiazole rings is 1. The number of nitrogens with zero attached hydrogens (tertiary/aromatic N) is 2. The third-order valence-electron chi connectivity index (χ3n) is 2.86. The highest BCUT2D eigenvalue weighted by Crippen LogP contribution is 2.25. The summed E-state index contributed by atoms with van der Waals surface area (Å²) in [4.78, 5) is 14.6. The average molecular weight is 308 g/mol. The Morgan fingerprint density at radius 1 is 1.48 bits per heavy atom. The van der Waals surface area contributed by atoms with E-state index in [9.17, 15) is 15.2 Å². The van der Waals surface area contributed by atoms with Gasteiger partial charge < -0.3 is 9.84 Å². The first-order chi connectivity index (χ1) is 10.1. The van der Waals surface area contributed by atoms with Crippen molar-refractivity contribution in [2.45, 2.75) is 33.0 Å². The van der Waals surface area contributed by atoms with E-state index in [0.717, 1.165) is 23.5 Å². The van der Waals surface area contributed by atoms with Crippen LogP contribution < -0.4 is 4.74 Å². The quantitative estimate of drug-likeness (QED) is 0.627. The number of rotatable bonds is 7. The van der Waals surface area contributed by atoms with Gasteiger partial charge in [0, 0.05) is 23.1 Å². The van der Waals surface area contributed by atoms with Crippen molar-refractivity contribution in [3.05, 3.63) is 50.0 Å². The average Bonchev–Trinajstić information content (AvgIpc) is 2.93. The molecule has 0 amide bonds. The predicted molar refractivity (Wildman–Crippen MR) is 79.5 cm³/mol. The lowest BCUT2D eigenvalue weighted by molar-refractivity contribution is -0.385. The number of non-ortho nitro benzene ring substituents is 1. The summed E-state index contributed by atoms with van der Waals surface area (Å²) >= 11 is 1.60. The van der Waals surface area contributed by atoms with Gasteiger partial charge in [-0.25, -0.2) is 4.98 Å². The van der Waals surface area contributed by atoms with Crippen LogP contribution in [0.5, 0.6) is 5.75 Å². The summed E-state index contributed by atoms with van der Waals surface area (Å²) in [5.41, 5.74) is 1.16. The molecule has 7 heteroatoms. The van der Waals surface area contributed by atoms with Gasteiger partial charge >= 0.3 is 0 Å². The van der Waals surface area contributed by atoms with Crippen LogP contribution in [0.3, 0.4) is 0 Å². The number of nitro benzene ring substituents is 1. The summed E-state index contributed by atoms with van der Waals surface area (Å²) in [6, 6.07) is 4.18. The smallest absolute Gasteiger partial charge is 0.270 e. The van der Waals surface area contributed by atoms with Crippen molar-refractivity contribution in [2.24, 2.45) is 0 Å². The molecule has 112 valence electrons. The zero-order chi connectivity index (χ0) is 15.2. The largest absolute Gasteiger partial charge is 0.487 e. The van der Waals surface area contributed by atoms with E-state index < -0.39 is 4.92 Å². The van der Waals surface area contributed by atoms with Gasteiger partial charge in [0.25, 0.3) is 5.69 Å². The second kappa shape index (κ2) is 7.14. The first-order valence-electron chi connectivity index (χ1n) is 6.58. The van der Waals surface area contributed by atoms with Crippen molar-refractivity contribution in [1.29, 1.82) is 0 Å². The Bertz CT molecular complexity index is 627. The third-order valence-corrected chi connectivity index (χ3v) is 3.82. The van der Waals surface area contributed by atoms with Crippen LogP contribution in [-0.4, -0.2) is 15.0 Å². The zero-order valence-electron chi connectivity index (χ0n) is 11.6. The van der Waals surface area contributed by atoms with Gasteiger partial charge in [-0.2, -0.15) is 0 Å². The maximum Gasteiger partial charge on any atom is 0.270 e. The highest BCUT2D eigenvalue weighted by Gasteiger charge is 2.12. The molecule has 0 atom stereocenters. The number of benzene rings is 1. The Morgan fingerprint density at radius 2 is 2.29 bits per heavy atom. The summed E-state index contributed by atoms with van der Waals surface area (Å²) in [5, 5.41) is 23.0. The molecule has 0 fully saturated rings. The van der Waals surface area contributed by atoms with E-state index >= 15 is 0 Å². The van der Waals surface area contributed by atoms with Gasteiger partial charge in [-0.15, -0.1) is 11.3 Å². The Balaban J connectivity index is 2.06. The van der Waals surface area contributed by atoms with Gasteiger partial charge in [-0.05, 0) is 18.9 Å². The normalized spacial score (nSPS) is 10.6. The third kappa shape index (κ3) is 3.99. The van der Waals surface area contributed by atoms with E-state index in [1.165, 1.54) is 18.2 Å². The van der Waals surface area contributed by atoms with Crippen molar-refractivity contribution < 1.29 is 14.8 Å². The van der Waals surface area contributed by atoms with Crippen LogP contribution in [0.25, 0.3) is 0 Å². The van der Waals surface area contributed by atoms with E-state index in [-0.39, 0.29) is 18.9 Å². The molecule has 0 aliphatic carbocycles. The van der Waals surface area contributed by atoms with E-state index in [0.29, 0.717) is 11.3 Å². The molecular formula is C14H16N2O4S. The lowest BCUT2D eigenvalue weighted by atomic mass is 10.2. The SMILES string of the molecule is CCCc1nc(COc2ccc([N+](=O)[O-])cc2CO)cs1. The maximum absolute atomic E-state index is 10.7. The molecule has 0 radical (unpaired) electrons. The van der Waals surface area contributed by atoms with E-state index in [2.05, 4.69) is 11.9 Å². The van der Waals surface area contributed by atoms with Crippen molar-refractivity contribution >= 4 is 17.0 Å². The molecule has 0 aliphatic rings. The zero-order valence-corrected chi connectivity index (χ0v) is 12.4. The van der Waals surface area contributed by atoms with Crippen LogP contribution in [0, 0.1) is 10.1 Å². The molecule has 1 N–H and O–H groups in total. The molecule has 1 heterocycles. The Kier molecular flexibility index (Phi) is 5.24. The summed E-state index contributed by atoms with van der Waals surface area (Å²) < 4.78 is 5.60. The van der Waals surface area contributed by atoms with Gasteiger partial charge in [-0.1, -0.05) is 6.92 Å². The first-order valence-corrected chi connectivity index (χ1v) is 7.46. The Hall–Kier alpha value is -1.99. The highest BCUT2D eigenvalue weighted by molar-refractivity contribution is 7.09. The number of hydrogen-bond donors (Lipinski definition) is 1. The number of aromatic nitrogens is 1. The van der Waals surface area contributed by atoms with E-state index in [1.807, 2.05) is 5.38 Å². The number of aliphatic hydroxyl groups is 1. The Morgan fingerprint density at radius 3 is 2.95 bits per heavy atom. The Labute approximate surface area is 126 Å². The summed E-state index contributed by atoms with van der Waals surface area (Å²) in [5.74, 6) is 0.438. The second-order valence-electron chi connectivity index (χ2n) is 4.48. The van der Waals surface area contributed by atoms with Crippen LogP contribution in [0.1, 0.15) is 29.6 Å².